The van der Waals surface area contributed by atoms with Gasteiger partial charge in [0, 0.05) is 26.4 Å². The van der Waals surface area contributed by atoms with Crippen LogP contribution in [0, 0.1) is 0 Å². The third-order valence-corrected chi connectivity index (χ3v) is 5.77. The fraction of sp³-hybridized carbons (Fsp3) is 0.188. The molecule has 0 saturated carbocycles. The van der Waals surface area contributed by atoms with Crippen LogP contribution < -0.4 is 0 Å². The number of halogens is 2. The molecule has 116 valence electrons. The first kappa shape index (κ1) is 17.2. The summed E-state index contributed by atoms with van der Waals surface area (Å²) in [5, 5.41) is 0.565. The van der Waals surface area contributed by atoms with Gasteiger partial charge in [0.25, 0.3) is 0 Å². The maximum atomic E-state index is 12.4. The Labute approximate surface area is 143 Å². The van der Waals surface area contributed by atoms with Gasteiger partial charge in [-0.2, -0.15) is 0 Å². The van der Waals surface area contributed by atoms with Crippen LogP contribution in [0.1, 0.15) is 28.4 Å². The molecule has 0 bridgehead atoms. The largest absolute Gasteiger partial charge is 0.289 e. The SMILES string of the molecule is CCS(=O)(=O)Cc1ccc(C(=O)c2ccc(Cl)cc2)c(Br)c1. The summed E-state index contributed by atoms with van der Waals surface area (Å²) in [6.07, 6.45) is 0. The van der Waals surface area contributed by atoms with Gasteiger partial charge >= 0.3 is 0 Å². The molecule has 0 N–H and O–H groups in total. The molecule has 2 aromatic rings. The van der Waals surface area contributed by atoms with Crippen LogP contribution in [0.15, 0.2) is 46.9 Å². The van der Waals surface area contributed by atoms with Crippen molar-refractivity contribution in [3.63, 3.8) is 0 Å². The van der Waals surface area contributed by atoms with Gasteiger partial charge in [0.2, 0.25) is 0 Å². The second-order valence-electron chi connectivity index (χ2n) is 4.83. The van der Waals surface area contributed by atoms with Gasteiger partial charge in [-0.3, -0.25) is 4.79 Å². The molecule has 0 aromatic heterocycles. The smallest absolute Gasteiger partial charge is 0.194 e. The Bertz CT molecular complexity index is 799. The fourth-order valence-electron chi connectivity index (χ4n) is 1.95. The summed E-state index contributed by atoms with van der Waals surface area (Å²) in [6, 6.07) is 11.6. The molecule has 22 heavy (non-hydrogen) atoms. The van der Waals surface area contributed by atoms with Gasteiger partial charge < -0.3 is 0 Å². The highest BCUT2D eigenvalue weighted by molar-refractivity contribution is 9.10. The summed E-state index contributed by atoms with van der Waals surface area (Å²) in [4.78, 5) is 12.4. The summed E-state index contributed by atoms with van der Waals surface area (Å²) < 4.78 is 23.9. The van der Waals surface area contributed by atoms with E-state index in [4.69, 9.17) is 11.6 Å². The van der Waals surface area contributed by atoms with Gasteiger partial charge in [0.15, 0.2) is 15.6 Å². The molecule has 0 aliphatic rings. The molecule has 0 amide bonds. The van der Waals surface area contributed by atoms with Gasteiger partial charge in [-0.05, 0) is 42.0 Å². The number of ketones is 1. The van der Waals surface area contributed by atoms with E-state index in [9.17, 15) is 13.2 Å². The van der Waals surface area contributed by atoms with E-state index in [0.717, 1.165) is 0 Å². The zero-order valence-electron chi connectivity index (χ0n) is 11.8. The first-order chi connectivity index (χ1) is 10.3. The molecule has 2 rings (SSSR count). The predicted molar refractivity (Wildman–Crippen MR) is 92.2 cm³/mol. The maximum absolute atomic E-state index is 12.4. The van der Waals surface area contributed by atoms with Crippen molar-refractivity contribution in [3.05, 3.63) is 68.7 Å². The van der Waals surface area contributed by atoms with Crippen molar-refractivity contribution in [1.82, 2.24) is 0 Å². The van der Waals surface area contributed by atoms with Crippen molar-refractivity contribution in [1.29, 1.82) is 0 Å². The minimum absolute atomic E-state index is 0.0302. The molecule has 0 radical (unpaired) electrons. The van der Waals surface area contributed by atoms with E-state index in [1.165, 1.54) is 0 Å². The van der Waals surface area contributed by atoms with Gasteiger partial charge in [0.1, 0.15) is 0 Å². The van der Waals surface area contributed by atoms with E-state index >= 15 is 0 Å². The first-order valence-corrected chi connectivity index (χ1v) is 9.61. The molecule has 0 aliphatic carbocycles. The molecule has 0 saturated heterocycles. The highest BCUT2D eigenvalue weighted by Crippen LogP contribution is 2.23. The van der Waals surface area contributed by atoms with Crippen LogP contribution in [-0.4, -0.2) is 20.0 Å². The van der Waals surface area contributed by atoms with E-state index < -0.39 is 9.84 Å². The highest BCUT2D eigenvalue weighted by atomic mass is 79.9. The van der Waals surface area contributed by atoms with Crippen LogP contribution in [0.2, 0.25) is 5.02 Å². The number of hydrogen-bond donors (Lipinski definition) is 0. The van der Waals surface area contributed by atoms with E-state index in [1.807, 2.05) is 0 Å². The molecule has 0 unspecified atom stereocenters. The molecule has 0 aliphatic heterocycles. The lowest BCUT2D eigenvalue weighted by atomic mass is 10.0. The number of sulfone groups is 1. The van der Waals surface area contributed by atoms with Gasteiger partial charge in [0.05, 0.1) is 5.75 Å². The number of hydrogen-bond acceptors (Lipinski definition) is 3. The minimum atomic E-state index is -3.10. The van der Waals surface area contributed by atoms with Crippen molar-refractivity contribution in [2.24, 2.45) is 0 Å². The Kier molecular flexibility index (Phi) is 5.42. The third-order valence-electron chi connectivity index (χ3n) is 3.21. The molecule has 0 fully saturated rings. The standard InChI is InChI=1S/C16H14BrClO3S/c1-2-22(20,21)10-11-3-8-14(15(17)9-11)16(19)12-4-6-13(18)7-5-12/h3-9H,2,10H2,1H3. The quantitative estimate of drug-likeness (QED) is 0.703. The lowest BCUT2D eigenvalue weighted by molar-refractivity contribution is 0.103. The molecule has 0 heterocycles. The Morgan fingerprint density at radius 1 is 1.14 bits per heavy atom. The summed E-state index contributed by atoms with van der Waals surface area (Å²) in [5.74, 6) is -0.0819. The van der Waals surface area contributed by atoms with Crippen LogP contribution in [0.3, 0.4) is 0 Å². The molecule has 2 aromatic carbocycles. The molecule has 0 spiro atoms. The zero-order valence-corrected chi connectivity index (χ0v) is 15.0. The van der Waals surface area contributed by atoms with Crippen molar-refractivity contribution >= 4 is 43.2 Å². The molecular weight excluding hydrogens is 388 g/mol. The van der Waals surface area contributed by atoms with Crippen LogP contribution in [-0.2, 0) is 15.6 Å². The van der Waals surface area contributed by atoms with E-state index in [1.54, 1.807) is 49.4 Å². The normalized spacial score (nSPS) is 11.4. The van der Waals surface area contributed by atoms with Crippen molar-refractivity contribution < 1.29 is 13.2 Å². The number of rotatable bonds is 5. The summed E-state index contributed by atoms with van der Waals surface area (Å²) >= 11 is 9.16. The van der Waals surface area contributed by atoms with Crippen LogP contribution >= 0.6 is 27.5 Å². The number of carbonyl (C=O) groups is 1. The first-order valence-electron chi connectivity index (χ1n) is 6.61. The fourth-order valence-corrected chi connectivity index (χ4v) is 3.57. The van der Waals surface area contributed by atoms with Crippen molar-refractivity contribution in [2.75, 3.05) is 5.75 Å². The summed E-state index contributed by atoms with van der Waals surface area (Å²) in [7, 11) is -3.10. The van der Waals surface area contributed by atoms with E-state index in [-0.39, 0.29) is 17.3 Å². The lowest BCUT2D eigenvalue weighted by Gasteiger charge is -2.07. The highest BCUT2D eigenvalue weighted by Gasteiger charge is 2.15. The Balaban J connectivity index is 2.30. The zero-order chi connectivity index (χ0) is 16.3. The van der Waals surface area contributed by atoms with Crippen LogP contribution in [0.5, 0.6) is 0 Å². The van der Waals surface area contributed by atoms with E-state index in [0.29, 0.717) is 26.2 Å². The Morgan fingerprint density at radius 2 is 1.77 bits per heavy atom. The lowest BCUT2D eigenvalue weighted by Crippen LogP contribution is -2.08. The average molecular weight is 402 g/mol. The van der Waals surface area contributed by atoms with E-state index in [2.05, 4.69) is 15.9 Å². The second kappa shape index (κ2) is 6.94. The molecular formula is C16H14BrClO3S. The van der Waals surface area contributed by atoms with Crippen molar-refractivity contribution in [2.45, 2.75) is 12.7 Å². The molecule has 3 nitrogen and oxygen atoms in total. The summed E-state index contributed by atoms with van der Waals surface area (Å²) in [6.45, 7) is 1.61. The maximum Gasteiger partial charge on any atom is 0.194 e. The van der Waals surface area contributed by atoms with Crippen LogP contribution in [0.4, 0.5) is 0 Å². The third kappa shape index (κ3) is 4.18. The predicted octanol–water partition coefficient (Wildman–Crippen LogP) is 4.27. The molecule has 0 atom stereocenters. The summed E-state index contributed by atoms with van der Waals surface area (Å²) in [5.41, 5.74) is 1.67. The number of carbonyl (C=O) groups excluding carboxylic acids is 1. The minimum Gasteiger partial charge on any atom is -0.289 e. The van der Waals surface area contributed by atoms with Crippen molar-refractivity contribution in [3.8, 4) is 0 Å². The van der Waals surface area contributed by atoms with Crippen LogP contribution in [0.25, 0.3) is 0 Å². The Morgan fingerprint density at radius 3 is 2.32 bits per heavy atom. The van der Waals surface area contributed by atoms with Gasteiger partial charge in [-0.25, -0.2) is 8.42 Å². The number of benzene rings is 2. The topological polar surface area (TPSA) is 51.2 Å². The van der Waals surface area contributed by atoms with Gasteiger partial charge in [-0.15, -0.1) is 0 Å². The van der Waals surface area contributed by atoms with Gasteiger partial charge in [-0.1, -0.05) is 40.5 Å². The molecule has 6 heteroatoms. The monoisotopic (exact) mass is 400 g/mol. The average Bonchev–Trinajstić information content (AvgIpc) is 2.47. The Hall–Kier alpha value is -1.17. The second-order valence-corrected chi connectivity index (χ2v) is 8.47.